The lowest BCUT2D eigenvalue weighted by Crippen LogP contribution is -2.09. The van der Waals surface area contributed by atoms with Gasteiger partial charge < -0.3 is 5.32 Å². The third kappa shape index (κ3) is 2.15. The van der Waals surface area contributed by atoms with Crippen LogP contribution in [0.1, 0.15) is 17.2 Å². The Morgan fingerprint density at radius 1 is 1.10 bits per heavy atom. The molecule has 1 aliphatic rings. The molecule has 0 saturated carbocycles. The van der Waals surface area contributed by atoms with E-state index in [0.29, 0.717) is 11.3 Å². The lowest BCUT2D eigenvalue weighted by atomic mass is 10.1. The lowest BCUT2D eigenvalue weighted by Gasteiger charge is -2.00. The van der Waals surface area contributed by atoms with E-state index in [1.165, 1.54) is 0 Å². The van der Waals surface area contributed by atoms with Crippen LogP contribution in [0.15, 0.2) is 58.8 Å². The molecule has 0 aromatic heterocycles. The first-order valence-corrected chi connectivity index (χ1v) is 6.09. The molecule has 20 heavy (non-hydrogen) atoms. The highest BCUT2D eigenvalue weighted by Crippen LogP contribution is 2.33. The van der Waals surface area contributed by atoms with Crippen molar-refractivity contribution in [3.8, 4) is 6.07 Å². The molecule has 2 aromatic rings. The van der Waals surface area contributed by atoms with Gasteiger partial charge in [-0.05, 0) is 30.3 Å². The topological polar surface area (TPSA) is 77.6 Å². The van der Waals surface area contributed by atoms with E-state index in [9.17, 15) is 4.79 Å². The number of hydrogen-bond donors (Lipinski definition) is 1. The van der Waals surface area contributed by atoms with E-state index in [4.69, 9.17) is 5.26 Å². The lowest BCUT2D eigenvalue weighted by molar-refractivity contribution is -0.116. The van der Waals surface area contributed by atoms with E-state index in [1.54, 1.807) is 24.3 Å². The average molecular weight is 262 g/mol. The highest BCUT2D eigenvalue weighted by Gasteiger charge is 2.29. The van der Waals surface area contributed by atoms with Crippen molar-refractivity contribution in [1.29, 1.82) is 5.26 Å². The summed E-state index contributed by atoms with van der Waals surface area (Å²) in [6.45, 7) is 0. The van der Waals surface area contributed by atoms with Gasteiger partial charge in [-0.2, -0.15) is 15.5 Å². The number of fused-ring (bicyclic) bond motifs is 1. The molecule has 0 saturated heterocycles. The summed E-state index contributed by atoms with van der Waals surface area (Å²) < 4.78 is 0. The summed E-state index contributed by atoms with van der Waals surface area (Å²) >= 11 is 0. The molecule has 0 bridgehead atoms. The van der Waals surface area contributed by atoms with Gasteiger partial charge in [0, 0.05) is 11.3 Å². The molecule has 1 atom stereocenters. The van der Waals surface area contributed by atoms with Gasteiger partial charge in [-0.3, -0.25) is 4.79 Å². The fourth-order valence-corrected chi connectivity index (χ4v) is 2.03. The number of nitrogens with zero attached hydrogens (tertiary/aromatic N) is 3. The monoisotopic (exact) mass is 262 g/mol. The Labute approximate surface area is 115 Å². The zero-order valence-electron chi connectivity index (χ0n) is 10.4. The zero-order valence-corrected chi connectivity index (χ0v) is 10.4. The molecule has 5 heteroatoms. The largest absolute Gasteiger partial charge is 0.324 e. The molecule has 3 rings (SSSR count). The number of azo groups is 1. The minimum absolute atomic E-state index is 0.177. The van der Waals surface area contributed by atoms with Crippen molar-refractivity contribution >= 4 is 17.3 Å². The number of benzene rings is 2. The molecule has 1 unspecified atom stereocenters. The second-order valence-corrected chi connectivity index (χ2v) is 4.35. The molecule has 5 nitrogen and oxygen atoms in total. The summed E-state index contributed by atoms with van der Waals surface area (Å²) in [6, 6.07) is 15.6. The molecule has 0 radical (unpaired) electrons. The minimum Gasteiger partial charge on any atom is -0.324 e. The van der Waals surface area contributed by atoms with Crippen molar-refractivity contribution in [2.45, 2.75) is 6.04 Å². The molecule has 0 spiro atoms. The molecular weight excluding hydrogens is 252 g/mol. The standard InChI is InChI=1S/C15H10N4O/c16-9-10-5-7-11(8-6-10)18-19-14-12-3-1-2-4-13(12)17-15(14)20/h1-8,14H,(H,17,20). The SMILES string of the molecule is N#Cc1ccc(N=NC2C(=O)Nc3ccccc32)cc1. The maximum Gasteiger partial charge on any atom is 0.255 e. The van der Waals surface area contributed by atoms with Crippen LogP contribution in [0.2, 0.25) is 0 Å². The van der Waals surface area contributed by atoms with Crippen LogP contribution >= 0.6 is 0 Å². The van der Waals surface area contributed by atoms with E-state index in [-0.39, 0.29) is 5.91 Å². The molecule has 2 aromatic carbocycles. The average Bonchev–Trinajstić information content (AvgIpc) is 2.81. The van der Waals surface area contributed by atoms with Gasteiger partial charge in [-0.25, -0.2) is 0 Å². The van der Waals surface area contributed by atoms with Crippen molar-refractivity contribution in [3.05, 3.63) is 59.7 Å². The van der Waals surface area contributed by atoms with Gasteiger partial charge in [0.05, 0.1) is 17.3 Å². The summed E-state index contributed by atoms with van der Waals surface area (Å²) in [7, 11) is 0. The number of para-hydroxylation sites is 1. The normalized spacial score (nSPS) is 16.8. The first-order chi connectivity index (χ1) is 9.78. The molecule has 1 aliphatic heterocycles. The predicted molar refractivity (Wildman–Crippen MR) is 73.5 cm³/mol. The molecule has 0 aliphatic carbocycles. The first-order valence-electron chi connectivity index (χ1n) is 6.09. The van der Waals surface area contributed by atoms with Gasteiger partial charge in [0.2, 0.25) is 0 Å². The van der Waals surface area contributed by atoms with Gasteiger partial charge in [0.1, 0.15) is 0 Å². The summed E-state index contributed by atoms with van der Waals surface area (Å²) in [6.07, 6.45) is 0. The van der Waals surface area contributed by atoms with Crippen molar-refractivity contribution in [2.24, 2.45) is 10.2 Å². The smallest absolute Gasteiger partial charge is 0.255 e. The Hall–Kier alpha value is -3.00. The molecule has 96 valence electrons. The fourth-order valence-electron chi connectivity index (χ4n) is 2.03. The summed E-state index contributed by atoms with van der Waals surface area (Å²) in [5.41, 5.74) is 2.78. The van der Waals surface area contributed by atoms with Gasteiger partial charge in [0.25, 0.3) is 5.91 Å². The number of nitrogens with one attached hydrogen (secondary N) is 1. The second kappa shape index (κ2) is 4.94. The highest BCUT2D eigenvalue weighted by molar-refractivity contribution is 6.02. The van der Waals surface area contributed by atoms with Gasteiger partial charge in [-0.1, -0.05) is 18.2 Å². The fraction of sp³-hybridized carbons (Fsp3) is 0.0667. The van der Waals surface area contributed by atoms with Crippen molar-refractivity contribution in [3.63, 3.8) is 0 Å². The van der Waals surface area contributed by atoms with Crippen LogP contribution in [0.3, 0.4) is 0 Å². The number of nitriles is 1. The molecule has 1 amide bonds. The van der Waals surface area contributed by atoms with E-state index < -0.39 is 6.04 Å². The van der Waals surface area contributed by atoms with Crippen LogP contribution in [0.5, 0.6) is 0 Å². The number of rotatable bonds is 2. The van der Waals surface area contributed by atoms with Gasteiger partial charge in [-0.15, -0.1) is 0 Å². The summed E-state index contributed by atoms with van der Waals surface area (Å²) in [4.78, 5) is 11.8. The molecule has 1 heterocycles. The number of carbonyl (C=O) groups excluding carboxylic acids is 1. The number of amides is 1. The predicted octanol–water partition coefficient (Wildman–Crippen LogP) is 3.34. The van der Waals surface area contributed by atoms with Crippen molar-refractivity contribution < 1.29 is 4.79 Å². The third-order valence-corrected chi connectivity index (χ3v) is 3.05. The van der Waals surface area contributed by atoms with Crippen molar-refractivity contribution in [2.75, 3.05) is 5.32 Å². The van der Waals surface area contributed by atoms with E-state index in [1.807, 2.05) is 30.3 Å². The van der Waals surface area contributed by atoms with Crippen LogP contribution in [0.25, 0.3) is 0 Å². The Morgan fingerprint density at radius 3 is 2.60 bits per heavy atom. The van der Waals surface area contributed by atoms with Gasteiger partial charge >= 0.3 is 0 Å². The van der Waals surface area contributed by atoms with Crippen LogP contribution in [0, 0.1) is 11.3 Å². The summed E-state index contributed by atoms with van der Waals surface area (Å²) in [5.74, 6) is -0.177. The zero-order chi connectivity index (χ0) is 13.9. The summed E-state index contributed by atoms with van der Waals surface area (Å²) in [5, 5.41) is 19.7. The van der Waals surface area contributed by atoms with Crippen LogP contribution in [0.4, 0.5) is 11.4 Å². The number of anilines is 1. The molecule has 1 N–H and O–H groups in total. The van der Waals surface area contributed by atoms with Gasteiger partial charge in [0.15, 0.2) is 6.04 Å². The molecule has 0 fully saturated rings. The number of hydrogen-bond acceptors (Lipinski definition) is 4. The molecular formula is C15H10N4O. The third-order valence-electron chi connectivity index (χ3n) is 3.05. The van der Waals surface area contributed by atoms with E-state index in [0.717, 1.165) is 11.3 Å². The van der Waals surface area contributed by atoms with E-state index in [2.05, 4.69) is 15.5 Å². The Morgan fingerprint density at radius 2 is 1.85 bits per heavy atom. The van der Waals surface area contributed by atoms with Crippen LogP contribution in [-0.2, 0) is 4.79 Å². The quantitative estimate of drug-likeness (QED) is 0.842. The second-order valence-electron chi connectivity index (χ2n) is 4.35. The van der Waals surface area contributed by atoms with E-state index >= 15 is 0 Å². The maximum atomic E-state index is 11.8. The Kier molecular flexibility index (Phi) is 2.98. The maximum absolute atomic E-state index is 11.8. The highest BCUT2D eigenvalue weighted by atomic mass is 16.2. The minimum atomic E-state index is -0.609. The van der Waals surface area contributed by atoms with Crippen LogP contribution in [-0.4, -0.2) is 5.91 Å². The Bertz CT molecular complexity index is 728. The van der Waals surface area contributed by atoms with Crippen LogP contribution < -0.4 is 5.32 Å². The first kappa shape index (κ1) is 12.1. The number of carbonyl (C=O) groups is 1. The Balaban J connectivity index is 1.85. The van der Waals surface area contributed by atoms with Crippen molar-refractivity contribution in [1.82, 2.24) is 0 Å².